The molecule has 0 aliphatic carbocycles. The van der Waals surface area contributed by atoms with Crippen molar-refractivity contribution in [3.63, 3.8) is 0 Å². The average molecular weight is 358 g/mol. The lowest BCUT2D eigenvalue weighted by molar-refractivity contribution is 0.0493. The van der Waals surface area contributed by atoms with Gasteiger partial charge in [-0.2, -0.15) is 0 Å². The lowest BCUT2D eigenvalue weighted by atomic mass is 10.1. The summed E-state index contributed by atoms with van der Waals surface area (Å²) in [6.07, 6.45) is 2.38. The SMILES string of the molecule is CCCOC(=O)c1ncc2[nH]c3cc(OC)c(OC)cc3c2c1COC. The second-order valence-corrected chi connectivity index (χ2v) is 5.82. The Hall–Kier alpha value is -2.80. The first kappa shape index (κ1) is 18.0. The summed E-state index contributed by atoms with van der Waals surface area (Å²) < 4.78 is 21.4. The molecule has 7 heteroatoms. The summed E-state index contributed by atoms with van der Waals surface area (Å²) >= 11 is 0. The summed E-state index contributed by atoms with van der Waals surface area (Å²) in [5, 5.41) is 1.76. The molecule has 26 heavy (non-hydrogen) atoms. The van der Waals surface area contributed by atoms with Crippen molar-refractivity contribution in [2.75, 3.05) is 27.9 Å². The van der Waals surface area contributed by atoms with Gasteiger partial charge in [0, 0.05) is 29.5 Å². The number of nitrogens with one attached hydrogen (secondary N) is 1. The van der Waals surface area contributed by atoms with Crippen LogP contribution in [0.4, 0.5) is 0 Å². The largest absolute Gasteiger partial charge is 0.493 e. The highest BCUT2D eigenvalue weighted by molar-refractivity contribution is 6.11. The first-order valence-electron chi connectivity index (χ1n) is 8.35. The maximum atomic E-state index is 12.4. The molecular formula is C19H22N2O5. The Kier molecular flexibility index (Phi) is 5.27. The van der Waals surface area contributed by atoms with Gasteiger partial charge in [0.15, 0.2) is 17.2 Å². The molecule has 1 N–H and O–H groups in total. The van der Waals surface area contributed by atoms with E-state index in [4.69, 9.17) is 18.9 Å². The topological polar surface area (TPSA) is 82.7 Å². The van der Waals surface area contributed by atoms with Crippen LogP contribution in [0.3, 0.4) is 0 Å². The van der Waals surface area contributed by atoms with Crippen LogP contribution in [-0.4, -0.2) is 43.9 Å². The number of methoxy groups -OCH3 is 3. The number of fused-ring (bicyclic) bond motifs is 3. The molecule has 0 spiro atoms. The number of esters is 1. The molecule has 0 aliphatic rings. The number of aromatic nitrogens is 2. The number of pyridine rings is 1. The normalized spacial score (nSPS) is 11.1. The lowest BCUT2D eigenvalue weighted by Gasteiger charge is -2.10. The Morgan fingerprint density at radius 1 is 1.12 bits per heavy atom. The summed E-state index contributed by atoms with van der Waals surface area (Å²) in [4.78, 5) is 20.0. The third-order valence-electron chi connectivity index (χ3n) is 4.16. The van der Waals surface area contributed by atoms with E-state index in [1.165, 1.54) is 0 Å². The second-order valence-electron chi connectivity index (χ2n) is 5.82. The maximum absolute atomic E-state index is 12.4. The first-order chi connectivity index (χ1) is 12.6. The van der Waals surface area contributed by atoms with Gasteiger partial charge in [0.05, 0.1) is 44.7 Å². The third-order valence-corrected chi connectivity index (χ3v) is 4.16. The fourth-order valence-electron chi connectivity index (χ4n) is 3.01. The Bertz CT molecular complexity index is 948. The van der Waals surface area contributed by atoms with Gasteiger partial charge in [0.1, 0.15) is 0 Å². The highest BCUT2D eigenvalue weighted by Crippen LogP contribution is 2.37. The van der Waals surface area contributed by atoms with Crippen LogP contribution in [0.2, 0.25) is 0 Å². The van der Waals surface area contributed by atoms with Crippen LogP contribution in [0.15, 0.2) is 18.3 Å². The fraction of sp³-hybridized carbons (Fsp3) is 0.368. The molecule has 1 aromatic carbocycles. The summed E-state index contributed by atoms with van der Waals surface area (Å²) in [6, 6.07) is 3.74. The number of benzene rings is 1. The van der Waals surface area contributed by atoms with Crippen molar-refractivity contribution in [2.24, 2.45) is 0 Å². The van der Waals surface area contributed by atoms with Crippen molar-refractivity contribution in [1.29, 1.82) is 0 Å². The molecule has 3 rings (SSSR count). The summed E-state index contributed by atoms with van der Waals surface area (Å²) in [6.45, 7) is 2.53. The summed E-state index contributed by atoms with van der Waals surface area (Å²) in [5.41, 5.74) is 2.61. The number of H-pyrrole nitrogens is 1. The number of hydrogen-bond donors (Lipinski definition) is 1. The monoisotopic (exact) mass is 358 g/mol. The first-order valence-corrected chi connectivity index (χ1v) is 8.35. The minimum atomic E-state index is -0.448. The zero-order chi connectivity index (χ0) is 18.7. The Morgan fingerprint density at radius 2 is 1.85 bits per heavy atom. The molecule has 138 valence electrons. The molecule has 3 aromatic rings. The third kappa shape index (κ3) is 3.06. The van der Waals surface area contributed by atoms with Crippen molar-refractivity contribution in [1.82, 2.24) is 9.97 Å². The van der Waals surface area contributed by atoms with Crippen LogP contribution in [0.5, 0.6) is 11.5 Å². The molecule has 0 radical (unpaired) electrons. The molecule has 0 saturated heterocycles. The minimum absolute atomic E-state index is 0.238. The predicted molar refractivity (Wildman–Crippen MR) is 98.0 cm³/mol. The second kappa shape index (κ2) is 7.61. The van der Waals surface area contributed by atoms with E-state index in [2.05, 4.69) is 9.97 Å². The van der Waals surface area contributed by atoms with Gasteiger partial charge in [-0.1, -0.05) is 6.92 Å². The van der Waals surface area contributed by atoms with E-state index in [1.54, 1.807) is 27.5 Å². The molecule has 0 amide bonds. The molecular weight excluding hydrogens is 336 g/mol. The van der Waals surface area contributed by atoms with Gasteiger partial charge in [0.2, 0.25) is 0 Å². The van der Waals surface area contributed by atoms with Gasteiger partial charge in [-0.3, -0.25) is 0 Å². The lowest BCUT2D eigenvalue weighted by Crippen LogP contribution is -2.12. The Morgan fingerprint density at radius 3 is 2.50 bits per heavy atom. The van der Waals surface area contributed by atoms with Crippen LogP contribution in [-0.2, 0) is 16.1 Å². The number of carbonyl (C=O) groups is 1. The number of aromatic amines is 1. The summed E-state index contributed by atoms with van der Waals surface area (Å²) in [7, 11) is 4.76. The van der Waals surface area contributed by atoms with Gasteiger partial charge in [-0.05, 0) is 12.5 Å². The van der Waals surface area contributed by atoms with Crippen molar-refractivity contribution in [3.8, 4) is 11.5 Å². The van der Waals surface area contributed by atoms with Crippen molar-refractivity contribution >= 4 is 27.8 Å². The van der Waals surface area contributed by atoms with Crippen LogP contribution in [0, 0.1) is 0 Å². The van der Waals surface area contributed by atoms with E-state index in [9.17, 15) is 4.79 Å². The Balaban J connectivity index is 2.27. The Labute approximate surface area is 151 Å². The molecule has 0 unspecified atom stereocenters. The van der Waals surface area contributed by atoms with Crippen molar-refractivity contribution < 1.29 is 23.7 Å². The predicted octanol–water partition coefficient (Wildman–Crippen LogP) is 3.45. The molecule has 2 heterocycles. The van der Waals surface area contributed by atoms with E-state index in [1.807, 2.05) is 19.1 Å². The number of ether oxygens (including phenoxy) is 4. The van der Waals surface area contributed by atoms with E-state index >= 15 is 0 Å². The molecule has 2 aromatic heterocycles. The maximum Gasteiger partial charge on any atom is 0.357 e. The molecule has 0 atom stereocenters. The van der Waals surface area contributed by atoms with Crippen LogP contribution < -0.4 is 9.47 Å². The zero-order valence-electron chi connectivity index (χ0n) is 15.3. The van der Waals surface area contributed by atoms with Gasteiger partial charge < -0.3 is 23.9 Å². The van der Waals surface area contributed by atoms with Crippen LogP contribution in [0.1, 0.15) is 29.4 Å². The number of carbonyl (C=O) groups excluding carboxylic acids is 1. The zero-order valence-corrected chi connectivity index (χ0v) is 15.3. The van der Waals surface area contributed by atoms with Gasteiger partial charge in [-0.15, -0.1) is 0 Å². The highest BCUT2D eigenvalue weighted by Gasteiger charge is 2.21. The van der Waals surface area contributed by atoms with Crippen LogP contribution in [0.25, 0.3) is 21.8 Å². The van der Waals surface area contributed by atoms with Crippen molar-refractivity contribution in [3.05, 3.63) is 29.6 Å². The number of nitrogens with zero attached hydrogens (tertiary/aromatic N) is 1. The van der Waals surface area contributed by atoms with Gasteiger partial charge >= 0.3 is 5.97 Å². The molecule has 0 saturated carbocycles. The van der Waals surface area contributed by atoms with E-state index in [-0.39, 0.29) is 12.3 Å². The van der Waals surface area contributed by atoms with Crippen LogP contribution >= 0.6 is 0 Å². The minimum Gasteiger partial charge on any atom is -0.493 e. The average Bonchev–Trinajstić information content (AvgIpc) is 3.02. The molecule has 0 aliphatic heterocycles. The number of hydrogen-bond acceptors (Lipinski definition) is 6. The highest BCUT2D eigenvalue weighted by atomic mass is 16.5. The summed E-state index contributed by atoms with van der Waals surface area (Å²) in [5.74, 6) is 0.780. The smallest absolute Gasteiger partial charge is 0.357 e. The van der Waals surface area contributed by atoms with E-state index in [0.717, 1.165) is 28.2 Å². The fourth-order valence-corrected chi connectivity index (χ4v) is 3.01. The van der Waals surface area contributed by atoms with Crippen molar-refractivity contribution in [2.45, 2.75) is 20.0 Å². The quantitative estimate of drug-likeness (QED) is 0.652. The van der Waals surface area contributed by atoms with Gasteiger partial charge in [0.25, 0.3) is 0 Å². The number of rotatable bonds is 7. The molecule has 0 fully saturated rings. The van der Waals surface area contributed by atoms with Gasteiger partial charge in [-0.25, -0.2) is 9.78 Å². The van der Waals surface area contributed by atoms with E-state index < -0.39 is 5.97 Å². The molecule has 7 nitrogen and oxygen atoms in total. The molecule has 0 bridgehead atoms. The standard InChI is InChI=1S/C19H22N2O5/c1-5-6-26-19(22)18-12(10-23-2)17-11-7-15(24-3)16(25-4)8-13(11)21-14(17)9-20-18/h7-9,21H,5-6,10H2,1-4H3. The van der Waals surface area contributed by atoms with E-state index in [0.29, 0.717) is 23.7 Å².